The number of hydrogen-bond donors (Lipinski definition) is 0. The Bertz CT molecular complexity index is 1150. The van der Waals surface area contributed by atoms with E-state index >= 15 is 0 Å². The molecular formula is C31H37ClO6. The number of carbonyl (C=O) groups excluding carboxylic acids is 2. The number of esters is 2. The normalized spacial score (nSPS) is 31.8. The Morgan fingerprint density at radius 1 is 0.947 bits per heavy atom. The maximum Gasteiger partial charge on any atom is 0.303 e. The van der Waals surface area contributed by atoms with Crippen molar-refractivity contribution in [1.29, 1.82) is 0 Å². The van der Waals surface area contributed by atoms with E-state index in [0.717, 1.165) is 40.7 Å². The highest BCUT2D eigenvalue weighted by atomic mass is 35.5. The Kier molecular flexibility index (Phi) is 8.01. The zero-order chi connectivity index (χ0) is 27.0. The number of rotatable bonds is 8. The van der Waals surface area contributed by atoms with Crippen molar-refractivity contribution in [2.75, 3.05) is 0 Å². The fraction of sp³-hybridized carbons (Fsp3) is 0.548. The first kappa shape index (κ1) is 27.0. The van der Waals surface area contributed by atoms with Crippen molar-refractivity contribution >= 4 is 23.5 Å². The van der Waals surface area contributed by atoms with Crippen LogP contribution in [0, 0.1) is 17.8 Å². The van der Waals surface area contributed by atoms with Gasteiger partial charge in [0.15, 0.2) is 6.10 Å². The van der Waals surface area contributed by atoms with Gasteiger partial charge in [-0.15, -0.1) is 0 Å². The van der Waals surface area contributed by atoms with Crippen molar-refractivity contribution in [2.45, 2.75) is 90.3 Å². The Morgan fingerprint density at radius 3 is 2.24 bits per heavy atom. The van der Waals surface area contributed by atoms with Crippen molar-refractivity contribution in [1.82, 2.24) is 0 Å². The minimum absolute atomic E-state index is 0.132. The smallest absolute Gasteiger partial charge is 0.303 e. The molecule has 204 valence electrons. The lowest BCUT2D eigenvalue weighted by Crippen LogP contribution is -2.52. The molecule has 2 aliphatic carbocycles. The van der Waals surface area contributed by atoms with Crippen molar-refractivity contribution in [3.8, 4) is 5.75 Å². The minimum atomic E-state index is -0.763. The van der Waals surface area contributed by atoms with E-state index < -0.39 is 30.3 Å². The van der Waals surface area contributed by atoms with Crippen LogP contribution < -0.4 is 4.74 Å². The van der Waals surface area contributed by atoms with Gasteiger partial charge < -0.3 is 18.9 Å². The fourth-order valence-electron chi connectivity index (χ4n) is 6.26. The summed E-state index contributed by atoms with van der Waals surface area (Å²) in [7, 11) is 0. The predicted molar refractivity (Wildman–Crippen MR) is 144 cm³/mol. The summed E-state index contributed by atoms with van der Waals surface area (Å²) in [6, 6.07) is 14.0. The molecule has 1 heterocycles. The minimum Gasteiger partial charge on any atom is -0.490 e. The molecule has 38 heavy (non-hydrogen) atoms. The van der Waals surface area contributed by atoms with Gasteiger partial charge in [0, 0.05) is 24.8 Å². The van der Waals surface area contributed by atoms with Gasteiger partial charge in [-0.3, -0.25) is 9.59 Å². The van der Waals surface area contributed by atoms with E-state index in [1.165, 1.54) is 33.1 Å². The summed E-state index contributed by atoms with van der Waals surface area (Å²) in [5.74, 6) is 1.70. The van der Waals surface area contributed by atoms with Crippen LogP contribution in [0.4, 0.5) is 0 Å². The van der Waals surface area contributed by atoms with Crippen molar-refractivity contribution in [3.05, 3.63) is 64.2 Å². The van der Waals surface area contributed by atoms with E-state index in [9.17, 15) is 9.59 Å². The van der Waals surface area contributed by atoms with E-state index in [4.69, 9.17) is 30.5 Å². The molecule has 5 rings (SSSR count). The van der Waals surface area contributed by atoms with E-state index in [1.54, 1.807) is 0 Å². The van der Waals surface area contributed by atoms with Gasteiger partial charge >= 0.3 is 11.9 Å². The Morgan fingerprint density at radius 2 is 1.61 bits per heavy atom. The molecule has 3 aliphatic rings. The maximum atomic E-state index is 12.0. The molecule has 0 bridgehead atoms. The Balaban J connectivity index is 1.35. The van der Waals surface area contributed by atoms with Gasteiger partial charge in [-0.2, -0.15) is 0 Å². The maximum absolute atomic E-state index is 12.0. The highest BCUT2D eigenvalue weighted by Gasteiger charge is 2.48. The third-order valence-electron chi connectivity index (χ3n) is 8.27. The summed E-state index contributed by atoms with van der Waals surface area (Å²) in [6.07, 6.45) is 3.34. The molecule has 0 N–H and O–H groups in total. The molecule has 0 unspecified atom stereocenters. The summed E-state index contributed by atoms with van der Waals surface area (Å²) in [5, 5.41) is 0.649. The molecule has 0 amide bonds. The number of hydrogen-bond acceptors (Lipinski definition) is 6. The lowest BCUT2D eigenvalue weighted by Gasteiger charge is -2.44. The third kappa shape index (κ3) is 6.02. The number of benzene rings is 2. The monoisotopic (exact) mass is 540 g/mol. The van der Waals surface area contributed by atoms with E-state index in [-0.39, 0.29) is 12.0 Å². The molecule has 1 aliphatic heterocycles. The molecule has 0 aromatic heterocycles. The Labute approximate surface area is 229 Å². The van der Waals surface area contributed by atoms with Gasteiger partial charge in [-0.1, -0.05) is 49.7 Å². The van der Waals surface area contributed by atoms with Crippen LogP contribution in [0.5, 0.6) is 5.75 Å². The number of fused-ring (bicyclic) bond motifs is 1. The molecule has 2 aromatic carbocycles. The molecule has 8 atom stereocenters. The van der Waals surface area contributed by atoms with E-state index in [0.29, 0.717) is 17.5 Å². The summed E-state index contributed by atoms with van der Waals surface area (Å²) in [4.78, 5) is 24.0. The second-order valence-corrected chi connectivity index (χ2v) is 11.6. The van der Waals surface area contributed by atoms with Crippen molar-refractivity contribution in [2.24, 2.45) is 17.8 Å². The van der Waals surface area contributed by atoms with Gasteiger partial charge in [0.05, 0.1) is 12.2 Å². The van der Waals surface area contributed by atoms with Crippen LogP contribution in [-0.4, -0.2) is 36.4 Å². The highest BCUT2D eigenvalue weighted by molar-refractivity contribution is 6.31. The molecule has 3 fully saturated rings. The number of halogens is 1. The molecule has 2 saturated carbocycles. The summed E-state index contributed by atoms with van der Waals surface area (Å²) in [5.41, 5.74) is 2.89. The first-order chi connectivity index (χ1) is 18.2. The van der Waals surface area contributed by atoms with Gasteiger partial charge in [-0.25, -0.2) is 0 Å². The SMILES string of the molecule is CC[C@H]1O[C@@H](c2ccc(Cl)c(Cc3ccc(O[C@@H]4C[C@@H]5C[C@@H]5C4)cc3)c2)[C@H](OC(C)=O)[C@@H](OC(C)=O)[C@@H]1C. The number of carbonyl (C=O) groups is 2. The quantitative estimate of drug-likeness (QED) is 0.358. The van der Waals surface area contributed by atoms with Crippen molar-refractivity contribution in [3.63, 3.8) is 0 Å². The van der Waals surface area contributed by atoms with Gasteiger partial charge in [0.2, 0.25) is 0 Å². The van der Waals surface area contributed by atoms with Crippen LogP contribution in [0.2, 0.25) is 5.02 Å². The molecule has 6 nitrogen and oxygen atoms in total. The first-order valence-corrected chi connectivity index (χ1v) is 14.1. The average molecular weight is 541 g/mol. The average Bonchev–Trinajstić information content (AvgIpc) is 3.49. The van der Waals surface area contributed by atoms with Crippen molar-refractivity contribution < 1.29 is 28.5 Å². The van der Waals surface area contributed by atoms with Crippen LogP contribution in [0.25, 0.3) is 0 Å². The molecular weight excluding hydrogens is 504 g/mol. The second-order valence-electron chi connectivity index (χ2n) is 11.1. The van der Waals surface area contributed by atoms with Gasteiger partial charge in [0.25, 0.3) is 0 Å². The Hall–Kier alpha value is -2.57. The van der Waals surface area contributed by atoms with Crippen LogP contribution in [0.3, 0.4) is 0 Å². The summed E-state index contributed by atoms with van der Waals surface area (Å²) in [6.45, 7) is 6.72. The molecule has 0 spiro atoms. The molecule has 0 radical (unpaired) electrons. The van der Waals surface area contributed by atoms with E-state index in [1.807, 2.05) is 44.2 Å². The van der Waals surface area contributed by atoms with Crippen LogP contribution >= 0.6 is 11.6 Å². The van der Waals surface area contributed by atoms with Gasteiger partial charge in [-0.05, 0) is 78.8 Å². The molecule has 2 aromatic rings. The topological polar surface area (TPSA) is 71.1 Å². The second kappa shape index (κ2) is 11.3. The fourth-order valence-corrected chi connectivity index (χ4v) is 6.44. The number of ether oxygens (including phenoxy) is 4. The zero-order valence-electron chi connectivity index (χ0n) is 22.5. The summed E-state index contributed by atoms with van der Waals surface area (Å²) >= 11 is 6.62. The molecule has 1 saturated heterocycles. The first-order valence-electron chi connectivity index (χ1n) is 13.8. The predicted octanol–water partition coefficient (Wildman–Crippen LogP) is 6.46. The lowest BCUT2D eigenvalue weighted by molar-refractivity contribution is -0.225. The highest BCUT2D eigenvalue weighted by Crippen LogP contribution is 2.52. The standard InChI is InChI=1S/C31H37ClO6/c1-5-28-17(2)29(35-18(3)33)31(36-19(4)34)30(38-28)21-8-11-27(32)24(13-21)12-20-6-9-25(10-7-20)37-26-15-22-14-23(22)16-26/h6-11,13,17,22-23,26,28-31H,5,12,14-16H2,1-4H3/t17-,22-,23+,26+,28-,29+,30+,31-/m1/s1. The summed E-state index contributed by atoms with van der Waals surface area (Å²) < 4.78 is 24.1. The van der Waals surface area contributed by atoms with Crippen LogP contribution in [0.15, 0.2) is 42.5 Å². The molecule has 7 heteroatoms. The van der Waals surface area contributed by atoms with Crippen LogP contribution in [0.1, 0.15) is 76.2 Å². The van der Waals surface area contributed by atoms with E-state index in [2.05, 4.69) is 12.1 Å². The largest absolute Gasteiger partial charge is 0.490 e. The third-order valence-corrected chi connectivity index (χ3v) is 8.64. The zero-order valence-corrected chi connectivity index (χ0v) is 23.3. The van der Waals surface area contributed by atoms with Gasteiger partial charge in [0.1, 0.15) is 18.0 Å². The van der Waals surface area contributed by atoms with Crippen LogP contribution in [-0.2, 0) is 30.2 Å². The lowest BCUT2D eigenvalue weighted by atomic mass is 9.84.